The van der Waals surface area contributed by atoms with Crippen LogP contribution < -0.4 is 4.74 Å². The van der Waals surface area contributed by atoms with Crippen LogP contribution in [0.1, 0.15) is 24.0 Å². The molecule has 0 spiro atoms. The van der Waals surface area contributed by atoms with Gasteiger partial charge in [-0.15, -0.1) is 0 Å². The fraction of sp³-hybridized carbons (Fsp3) is 0.227. The van der Waals surface area contributed by atoms with Gasteiger partial charge in [0.2, 0.25) is 0 Å². The normalized spacial score (nSPS) is 11.9. The van der Waals surface area contributed by atoms with Crippen LogP contribution in [0, 0.1) is 0 Å². The lowest BCUT2D eigenvalue weighted by molar-refractivity contribution is -0.143. The molecule has 0 aliphatic rings. The van der Waals surface area contributed by atoms with Crippen molar-refractivity contribution in [1.82, 2.24) is 0 Å². The molecular formula is C22H22O3. The quantitative estimate of drug-likeness (QED) is 0.611. The van der Waals surface area contributed by atoms with E-state index in [1.807, 2.05) is 48.5 Å². The number of fused-ring (bicyclic) bond motifs is 1. The molecule has 3 nitrogen and oxygen atoms in total. The van der Waals surface area contributed by atoms with Crippen molar-refractivity contribution in [3.63, 3.8) is 0 Å². The zero-order valence-corrected chi connectivity index (χ0v) is 14.6. The van der Waals surface area contributed by atoms with E-state index in [1.165, 1.54) is 0 Å². The molecule has 0 saturated heterocycles. The summed E-state index contributed by atoms with van der Waals surface area (Å²) in [6.45, 7) is 2.45. The van der Waals surface area contributed by atoms with Crippen LogP contribution in [0.2, 0.25) is 0 Å². The summed E-state index contributed by atoms with van der Waals surface area (Å²) in [5.74, 6) is 0.804. The number of hydrogen-bond acceptors (Lipinski definition) is 3. The second-order valence-electron chi connectivity index (χ2n) is 6.22. The second kappa shape index (κ2) is 7.84. The Morgan fingerprint density at radius 2 is 1.68 bits per heavy atom. The molecule has 1 unspecified atom stereocenters. The molecule has 3 heteroatoms. The van der Waals surface area contributed by atoms with Crippen LogP contribution in [-0.2, 0) is 16.0 Å². The van der Waals surface area contributed by atoms with E-state index in [4.69, 9.17) is 9.47 Å². The third-order valence-electron chi connectivity index (χ3n) is 4.33. The van der Waals surface area contributed by atoms with Crippen LogP contribution in [0.3, 0.4) is 0 Å². The van der Waals surface area contributed by atoms with E-state index in [0.29, 0.717) is 13.0 Å². The van der Waals surface area contributed by atoms with Gasteiger partial charge in [0, 0.05) is 5.92 Å². The Morgan fingerprint density at radius 1 is 0.960 bits per heavy atom. The first-order chi connectivity index (χ1) is 12.2. The van der Waals surface area contributed by atoms with Gasteiger partial charge in [-0.1, -0.05) is 61.5 Å². The van der Waals surface area contributed by atoms with Gasteiger partial charge in [-0.05, 0) is 34.0 Å². The minimum Gasteiger partial charge on any atom is -0.497 e. The molecule has 0 fully saturated rings. The third-order valence-corrected chi connectivity index (χ3v) is 4.33. The summed E-state index contributed by atoms with van der Waals surface area (Å²) in [7, 11) is 1.67. The molecule has 0 aliphatic carbocycles. The topological polar surface area (TPSA) is 35.5 Å². The Balaban J connectivity index is 1.61. The predicted molar refractivity (Wildman–Crippen MR) is 100 cm³/mol. The monoisotopic (exact) mass is 334 g/mol. The first-order valence-corrected chi connectivity index (χ1v) is 8.43. The molecule has 1 atom stereocenters. The number of benzene rings is 3. The molecular weight excluding hydrogens is 312 g/mol. The molecule has 3 aromatic carbocycles. The number of carbonyl (C=O) groups excluding carboxylic acids is 1. The summed E-state index contributed by atoms with van der Waals surface area (Å²) in [5.41, 5.74) is 2.13. The van der Waals surface area contributed by atoms with Gasteiger partial charge in [-0.3, -0.25) is 4.79 Å². The average Bonchev–Trinajstić information content (AvgIpc) is 2.66. The predicted octanol–water partition coefficient (Wildman–Crippen LogP) is 4.74. The van der Waals surface area contributed by atoms with Crippen LogP contribution >= 0.6 is 0 Å². The number of carbonyl (C=O) groups is 1. The van der Waals surface area contributed by atoms with E-state index < -0.39 is 0 Å². The van der Waals surface area contributed by atoms with Crippen molar-refractivity contribution in [3.8, 4) is 5.75 Å². The van der Waals surface area contributed by atoms with Crippen LogP contribution in [0.15, 0.2) is 66.7 Å². The summed E-state index contributed by atoms with van der Waals surface area (Å²) < 4.78 is 10.7. The van der Waals surface area contributed by atoms with Crippen molar-refractivity contribution in [2.75, 3.05) is 13.7 Å². The second-order valence-corrected chi connectivity index (χ2v) is 6.22. The minimum absolute atomic E-state index is 0.145. The average molecular weight is 334 g/mol. The highest BCUT2D eigenvalue weighted by molar-refractivity contribution is 5.84. The Morgan fingerprint density at radius 3 is 2.44 bits per heavy atom. The largest absolute Gasteiger partial charge is 0.497 e. The molecule has 0 aromatic heterocycles. The van der Waals surface area contributed by atoms with E-state index in [2.05, 4.69) is 25.1 Å². The maximum Gasteiger partial charge on any atom is 0.310 e. The van der Waals surface area contributed by atoms with E-state index in [0.717, 1.165) is 27.6 Å². The molecule has 25 heavy (non-hydrogen) atoms. The van der Waals surface area contributed by atoms with Crippen LogP contribution in [0.25, 0.3) is 10.8 Å². The summed E-state index contributed by atoms with van der Waals surface area (Å²) in [6.07, 6.45) is 0.311. The lowest BCUT2D eigenvalue weighted by Gasteiger charge is -2.14. The Labute approximate surface area is 148 Å². The lowest BCUT2D eigenvalue weighted by atomic mass is 9.98. The van der Waals surface area contributed by atoms with Crippen LogP contribution in [-0.4, -0.2) is 19.7 Å². The van der Waals surface area contributed by atoms with Gasteiger partial charge in [0.05, 0.1) is 20.1 Å². The first-order valence-electron chi connectivity index (χ1n) is 8.43. The van der Waals surface area contributed by atoms with Gasteiger partial charge in [-0.25, -0.2) is 0 Å². The van der Waals surface area contributed by atoms with Crippen LogP contribution in [0.5, 0.6) is 5.75 Å². The van der Waals surface area contributed by atoms with E-state index in [1.54, 1.807) is 7.11 Å². The van der Waals surface area contributed by atoms with Gasteiger partial charge in [0.15, 0.2) is 0 Å². The molecule has 0 N–H and O–H groups in total. The van der Waals surface area contributed by atoms with E-state index in [9.17, 15) is 4.79 Å². The molecule has 0 heterocycles. The smallest absolute Gasteiger partial charge is 0.310 e. The Hall–Kier alpha value is -2.81. The van der Waals surface area contributed by atoms with Crippen molar-refractivity contribution in [2.45, 2.75) is 19.3 Å². The van der Waals surface area contributed by atoms with E-state index in [-0.39, 0.29) is 11.9 Å². The van der Waals surface area contributed by atoms with Gasteiger partial charge < -0.3 is 9.47 Å². The summed E-state index contributed by atoms with van der Waals surface area (Å²) in [5, 5.41) is 2.29. The van der Waals surface area contributed by atoms with Gasteiger partial charge in [0.25, 0.3) is 0 Å². The maximum atomic E-state index is 12.0. The SMILES string of the molecule is COc1ccc2cc(C(C)COC(=O)Cc3ccccc3)ccc2c1. The highest BCUT2D eigenvalue weighted by atomic mass is 16.5. The van der Waals surface area contributed by atoms with E-state index >= 15 is 0 Å². The van der Waals surface area contributed by atoms with Crippen molar-refractivity contribution in [2.24, 2.45) is 0 Å². The molecule has 0 aliphatic heterocycles. The number of methoxy groups -OCH3 is 1. The fourth-order valence-corrected chi connectivity index (χ4v) is 2.80. The molecule has 0 saturated carbocycles. The van der Waals surface area contributed by atoms with Crippen molar-refractivity contribution in [1.29, 1.82) is 0 Å². The molecule has 0 amide bonds. The highest BCUT2D eigenvalue weighted by Crippen LogP contribution is 2.25. The van der Waals surface area contributed by atoms with Gasteiger partial charge >= 0.3 is 5.97 Å². The zero-order valence-electron chi connectivity index (χ0n) is 14.6. The summed E-state index contributed by atoms with van der Waals surface area (Å²) in [4.78, 5) is 12.0. The maximum absolute atomic E-state index is 12.0. The van der Waals surface area contributed by atoms with Crippen molar-refractivity contribution >= 4 is 16.7 Å². The number of ether oxygens (including phenoxy) is 2. The third kappa shape index (κ3) is 4.38. The van der Waals surface area contributed by atoms with Crippen molar-refractivity contribution < 1.29 is 14.3 Å². The summed E-state index contributed by atoms with van der Waals surface area (Å²) in [6, 6.07) is 22.0. The first kappa shape index (κ1) is 17.0. The molecule has 3 aromatic rings. The van der Waals surface area contributed by atoms with Crippen molar-refractivity contribution in [3.05, 3.63) is 77.9 Å². The summed E-state index contributed by atoms with van der Waals surface area (Å²) >= 11 is 0. The molecule has 0 radical (unpaired) electrons. The Bertz CT molecular complexity index is 856. The van der Waals surface area contributed by atoms with Gasteiger partial charge in [0.1, 0.15) is 5.75 Å². The number of hydrogen-bond donors (Lipinski definition) is 0. The molecule has 128 valence electrons. The zero-order chi connectivity index (χ0) is 17.6. The van der Waals surface area contributed by atoms with Crippen LogP contribution in [0.4, 0.5) is 0 Å². The molecule has 3 rings (SSSR count). The Kier molecular flexibility index (Phi) is 5.34. The number of rotatable bonds is 6. The molecule has 0 bridgehead atoms. The highest BCUT2D eigenvalue weighted by Gasteiger charge is 2.11. The minimum atomic E-state index is -0.191. The standard InChI is InChI=1S/C22H22O3/c1-16(15-25-22(23)12-17-6-4-3-5-7-17)18-8-9-20-14-21(24-2)11-10-19(20)13-18/h3-11,13-14,16H,12,15H2,1-2H3. The van der Waals surface area contributed by atoms with Gasteiger partial charge in [-0.2, -0.15) is 0 Å². The number of esters is 1. The fourth-order valence-electron chi connectivity index (χ4n) is 2.80. The lowest BCUT2D eigenvalue weighted by Crippen LogP contribution is -2.13.